The smallest absolute Gasteiger partial charge is 0.227 e. The fraction of sp³-hybridized carbons (Fsp3) is 0.391. The molecule has 2 N–H and O–H groups in total. The number of para-hydroxylation sites is 1. The summed E-state index contributed by atoms with van der Waals surface area (Å²) in [6, 6.07) is 17.9. The highest BCUT2D eigenvalue weighted by Gasteiger charge is 2.30. The van der Waals surface area contributed by atoms with E-state index < -0.39 is 0 Å². The molecule has 142 valence electrons. The number of rotatable bonds is 6. The molecule has 0 radical (unpaired) electrons. The van der Waals surface area contributed by atoms with Crippen LogP contribution in [0, 0.1) is 11.8 Å². The van der Waals surface area contributed by atoms with Gasteiger partial charge in [0.2, 0.25) is 11.8 Å². The van der Waals surface area contributed by atoms with Crippen molar-refractivity contribution in [2.45, 2.75) is 45.6 Å². The zero-order chi connectivity index (χ0) is 19.1. The molecular formula is C23H28N2O2. The first kappa shape index (κ1) is 19.2. The molecule has 0 aromatic heterocycles. The average Bonchev–Trinajstić information content (AvgIpc) is 2.73. The van der Waals surface area contributed by atoms with E-state index in [1.165, 1.54) is 0 Å². The lowest BCUT2D eigenvalue weighted by Gasteiger charge is -2.27. The van der Waals surface area contributed by atoms with Crippen LogP contribution in [0.3, 0.4) is 0 Å². The topological polar surface area (TPSA) is 58.2 Å². The summed E-state index contributed by atoms with van der Waals surface area (Å²) >= 11 is 0. The maximum atomic E-state index is 12.6. The largest absolute Gasteiger partial charge is 0.352 e. The molecule has 1 fully saturated rings. The van der Waals surface area contributed by atoms with Crippen molar-refractivity contribution in [3.63, 3.8) is 0 Å². The van der Waals surface area contributed by atoms with Gasteiger partial charge in [-0.1, -0.05) is 55.5 Å². The molecule has 1 aliphatic rings. The van der Waals surface area contributed by atoms with Gasteiger partial charge in [-0.3, -0.25) is 9.59 Å². The normalized spacial score (nSPS) is 19.3. The van der Waals surface area contributed by atoms with Gasteiger partial charge in [0, 0.05) is 24.1 Å². The van der Waals surface area contributed by atoms with Gasteiger partial charge >= 0.3 is 0 Å². The first-order chi connectivity index (χ1) is 13.2. The van der Waals surface area contributed by atoms with Crippen molar-refractivity contribution in [2.24, 2.45) is 11.8 Å². The zero-order valence-corrected chi connectivity index (χ0v) is 15.9. The predicted octanol–water partition coefficient (Wildman–Crippen LogP) is 4.31. The van der Waals surface area contributed by atoms with E-state index in [1.54, 1.807) is 0 Å². The number of amides is 2. The molecule has 4 heteroatoms. The summed E-state index contributed by atoms with van der Waals surface area (Å²) in [7, 11) is 0. The number of hydrogen-bond donors (Lipinski definition) is 2. The Morgan fingerprint density at radius 1 is 0.852 bits per heavy atom. The van der Waals surface area contributed by atoms with E-state index in [-0.39, 0.29) is 23.7 Å². The lowest BCUT2D eigenvalue weighted by Crippen LogP contribution is -2.35. The van der Waals surface area contributed by atoms with Gasteiger partial charge in [0.05, 0.1) is 0 Å². The third-order valence-corrected chi connectivity index (χ3v) is 5.43. The molecule has 0 saturated heterocycles. The van der Waals surface area contributed by atoms with Gasteiger partial charge in [0.25, 0.3) is 0 Å². The minimum Gasteiger partial charge on any atom is -0.352 e. The van der Waals surface area contributed by atoms with Crippen LogP contribution in [0.5, 0.6) is 0 Å². The number of anilines is 1. The molecule has 1 aliphatic carbocycles. The van der Waals surface area contributed by atoms with Gasteiger partial charge in [0.15, 0.2) is 0 Å². The Morgan fingerprint density at radius 3 is 2.11 bits per heavy atom. The van der Waals surface area contributed by atoms with E-state index in [1.807, 2.05) is 54.6 Å². The molecular weight excluding hydrogens is 336 g/mol. The van der Waals surface area contributed by atoms with Crippen molar-refractivity contribution in [1.29, 1.82) is 0 Å². The Labute approximate surface area is 161 Å². The highest BCUT2D eigenvalue weighted by Crippen LogP contribution is 2.30. The van der Waals surface area contributed by atoms with Crippen molar-refractivity contribution in [1.82, 2.24) is 5.32 Å². The average molecular weight is 364 g/mol. The van der Waals surface area contributed by atoms with Crippen molar-refractivity contribution in [3.8, 4) is 0 Å². The highest BCUT2D eigenvalue weighted by molar-refractivity contribution is 5.93. The molecule has 2 amide bonds. The zero-order valence-electron chi connectivity index (χ0n) is 15.9. The standard InChI is InChI=1S/C23H28N2O2/c1-2-18-10-6-7-11-21(18)25-23(27)20-14-12-19(13-15-20)22(26)24-16-17-8-4-3-5-9-17/h3-11,19-20H,2,12-16H2,1H3,(H,24,26)(H,25,27). The second kappa shape index (κ2) is 9.36. The Kier molecular flexibility index (Phi) is 6.64. The first-order valence-electron chi connectivity index (χ1n) is 9.87. The van der Waals surface area contributed by atoms with Gasteiger partial charge in [-0.2, -0.15) is 0 Å². The molecule has 0 atom stereocenters. The number of nitrogens with one attached hydrogen (secondary N) is 2. The first-order valence-corrected chi connectivity index (χ1v) is 9.87. The van der Waals surface area contributed by atoms with Gasteiger partial charge in [-0.05, 0) is 49.3 Å². The third-order valence-electron chi connectivity index (χ3n) is 5.43. The highest BCUT2D eigenvalue weighted by atomic mass is 16.2. The second-order valence-corrected chi connectivity index (χ2v) is 7.25. The maximum Gasteiger partial charge on any atom is 0.227 e. The Morgan fingerprint density at radius 2 is 1.44 bits per heavy atom. The van der Waals surface area contributed by atoms with E-state index in [0.717, 1.165) is 48.9 Å². The molecule has 2 aromatic rings. The molecule has 0 aliphatic heterocycles. The molecule has 0 bridgehead atoms. The van der Waals surface area contributed by atoms with Crippen LogP contribution in [0.4, 0.5) is 5.69 Å². The molecule has 1 saturated carbocycles. The lowest BCUT2D eigenvalue weighted by atomic mass is 9.81. The predicted molar refractivity (Wildman–Crippen MR) is 108 cm³/mol. The van der Waals surface area contributed by atoms with Gasteiger partial charge < -0.3 is 10.6 Å². The summed E-state index contributed by atoms with van der Waals surface area (Å²) in [6.45, 7) is 2.65. The van der Waals surface area contributed by atoms with Crippen LogP contribution in [0.1, 0.15) is 43.7 Å². The van der Waals surface area contributed by atoms with Crippen LogP contribution in [0.25, 0.3) is 0 Å². The van der Waals surface area contributed by atoms with Crippen molar-refractivity contribution >= 4 is 17.5 Å². The van der Waals surface area contributed by atoms with Gasteiger partial charge in [-0.25, -0.2) is 0 Å². The van der Waals surface area contributed by atoms with Crippen molar-refractivity contribution < 1.29 is 9.59 Å². The van der Waals surface area contributed by atoms with Crippen LogP contribution in [-0.2, 0) is 22.6 Å². The third kappa shape index (κ3) is 5.19. The summed E-state index contributed by atoms with van der Waals surface area (Å²) in [5, 5.41) is 6.11. The Bertz CT molecular complexity index is 765. The van der Waals surface area contributed by atoms with E-state index >= 15 is 0 Å². The Hall–Kier alpha value is -2.62. The van der Waals surface area contributed by atoms with E-state index in [0.29, 0.717) is 6.54 Å². The number of hydrogen-bond acceptors (Lipinski definition) is 2. The second-order valence-electron chi connectivity index (χ2n) is 7.25. The molecule has 3 rings (SSSR count). The van der Waals surface area contributed by atoms with E-state index in [4.69, 9.17) is 0 Å². The molecule has 0 heterocycles. The lowest BCUT2D eigenvalue weighted by molar-refractivity contribution is -0.128. The molecule has 4 nitrogen and oxygen atoms in total. The van der Waals surface area contributed by atoms with Crippen molar-refractivity contribution in [3.05, 3.63) is 65.7 Å². The van der Waals surface area contributed by atoms with E-state index in [9.17, 15) is 9.59 Å². The summed E-state index contributed by atoms with van der Waals surface area (Å²) in [4.78, 5) is 25.0. The molecule has 0 unspecified atom stereocenters. The number of carbonyl (C=O) groups is 2. The summed E-state index contributed by atoms with van der Waals surface area (Å²) in [6.07, 6.45) is 3.97. The number of benzene rings is 2. The summed E-state index contributed by atoms with van der Waals surface area (Å²) < 4.78 is 0. The monoisotopic (exact) mass is 364 g/mol. The van der Waals surface area contributed by atoms with Gasteiger partial charge in [-0.15, -0.1) is 0 Å². The minimum atomic E-state index is -0.00640. The van der Waals surface area contributed by atoms with Crippen LogP contribution < -0.4 is 10.6 Å². The van der Waals surface area contributed by atoms with Crippen LogP contribution >= 0.6 is 0 Å². The minimum absolute atomic E-state index is 0.00640. The van der Waals surface area contributed by atoms with Crippen LogP contribution in [0.2, 0.25) is 0 Å². The van der Waals surface area contributed by atoms with Gasteiger partial charge in [0.1, 0.15) is 0 Å². The molecule has 0 spiro atoms. The summed E-state index contributed by atoms with van der Waals surface area (Å²) in [5.41, 5.74) is 3.17. The number of carbonyl (C=O) groups excluding carboxylic acids is 2. The SMILES string of the molecule is CCc1ccccc1NC(=O)C1CCC(C(=O)NCc2ccccc2)CC1. The van der Waals surface area contributed by atoms with E-state index in [2.05, 4.69) is 17.6 Å². The fourth-order valence-corrected chi connectivity index (χ4v) is 3.73. The Balaban J connectivity index is 1.46. The van der Waals surface area contributed by atoms with Crippen LogP contribution in [0.15, 0.2) is 54.6 Å². The summed E-state index contributed by atoms with van der Waals surface area (Å²) in [5.74, 6) is 0.196. The molecule has 27 heavy (non-hydrogen) atoms. The van der Waals surface area contributed by atoms with Crippen LogP contribution in [-0.4, -0.2) is 11.8 Å². The quantitative estimate of drug-likeness (QED) is 0.802. The number of aryl methyl sites for hydroxylation is 1. The molecule has 2 aromatic carbocycles. The maximum absolute atomic E-state index is 12.6. The fourth-order valence-electron chi connectivity index (χ4n) is 3.73. The van der Waals surface area contributed by atoms with Crippen molar-refractivity contribution in [2.75, 3.05) is 5.32 Å².